The fourth-order valence-electron chi connectivity index (χ4n) is 0.993. The molecule has 0 aliphatic rings. The lowest BCUT2D eigenvalue weighted by Crippen LogP contribution is -2.08. The van der Waals surface area contributed by atoms with Gasteiger partial charge in [-0.15, -0.1) is 0 Å². The van der Waals surface area contributed by atoms with Crippen LogP contribution in [0.2, 0.25) is 5.15 Å². The van der Waals surface area contributed by atoms with Gasteiger partial charge in [-0.3, -0.25) is 0 Å². The van der Waals surface area contributed by atoms with Gasteiger partial charge in [0.15, 0.2) is 0 Å². The Hall–Kier alpha value is -1.67. The molecule has 1 aromatic rings. The molecule has 1 heterocycles. The van der Waals surface area contributed by atoms with Crippen LogP contribution < -0.4 is 0 Å². The normalized spacial score (nSPS) is 9.47. The molecule has 0 atom stereocenters. The van der Waals surface area contributed by atoms with Gasteiger partial charge in [-0.2, -0.15) is 5.26 Å². The van der Waals surface area contributed by atoms with Gasteiger partial charge in [0, 0.05) is 0 Å². The maximum Gasteiger partial charge on any atom is 0.339 e. The SMILES string of the molecule is COC(=O)c1cc(C#N)c(Cl)nc1CF. The Labute approximate surface area is 90.2 Å². The van der Waals surface area contributed by atoms with Gasteiger partial charge >= 0.3 is 5.97 Å². The smallest absolute Gasteiger partial charge is 0.339 e. The quantitative estimate of drug-likeness (QED) is 0.573. The average Bonchev–Trinajstić information content (AvgIpc) is 2.27. The number of hydrogen-bond donors (Lipinski definition) is 0. The van der Waals surface area contributed by atoms with E-state index in [9.17, 15) is 9.18 Å². The first kappa shape index (κ1) is 11.4. The summed E-state index contributed by atoms with van der Waals surface area (Å²) in [5.74, 6) is -0.747. The Morgan fingerprint density at radius 3 is 2.93 bits per heavy atom. The summed E-state index contributed by atoms with van der Waals surface area (Å²) in [5, 5.41) is 8.51. The highest BCUT2D eigenvalue weighted by Crippen LogP contribution is 2.18. The minimum atomic E-state index is -0.949. The first-order chi connectivity index (χ1) is 7.13. The first-order valence-electron chi connectivity index (χ1n) is 3.87. The van der Waals surface area contributed by atoms with Gasteiger partial charge in [0.25, 0.3) is 0 Å². The van der Waals surface area contributed by atoms with Crippen LogP contribution in [0.25, 0.3) is 0 Å². The number of halogens is 2. The molecule has 0 bridgehead atoms. The van der Waals surface area contributed by atoms with Crippen molar-refractivity contribution in [2.45, 2.75) is 6.67 Å². The molecule has 0 aliphatic heterocycles. The molecule has 0 unspecified atom stereocenters. The number of aromatic nitrogens is 1. The number of alkyl halides is 1. The zero-order valence-corrected chi connectivity index (χ0v) is 8.51. The summed E-state index contributed by atoms with van der Waals surface area (Å²) in [6, 6.07) is 2.90. The molecule has 0 fully saturated rings. The van der Waals surface area contributed by atoms with Gasteiger partial charge in [0.05, 0.1) is 23.9 Å². The molecule has 0 aromatic carbocycles. The average molecular weight is 229 g/mol. The number of hydrogen-bond acceptors (Lipinski definition) is 4. The summed E-state index contributed by atoms with van der Waals surface area (Å²) < 4.78 is 16.9. The van der Waals surface area contributed by atoms with Crippen molar-refractivity contribution in [2.24, 2.45) is 0 Å². The van der Waals surface area contributed by atoms with Crippen LogP contribution in [-0.4, -0.2) is 18.1 Å². The second-order valence-corrected chi connectivity index (χ2v) is 2.92. The van der Waals surface area contributed by atoms with Crippen molar-refractivity contribution in [1.29, 1.82) is 5.26 Å². The van der Waals surface area contributed by atoms with Gasteiger partial charge in [-0.05, 0) is 6.07 Å². The lowest BCUT2D eigenvalue weighted by Gasteiger charge is -2.05. The summed E-state index contributed by atoms with van der Waals surface area (Å²) in [7, 11) is 1.16. The number of carbonyl (C=O) groups excluding carboxylic acids is 1. The predicted molar refractivity (Wildman–Crippen MR) is 50.1 cm³/mol. The van der Waals surface area contributed by atoms with Crippen LogP contribution in [0.1, 0.15) is 21.6 Å². The van der Waals surface area contributed by atoms with Crippen LogP contribution in [0.15, 0.2) is 6.07 Å². The zero-order chi connectivity index (χ0) is 11.4. The van der Waals surface area contributed by atoms with Crippen molar-refractivity contribution in [1.82, 2.24) is 4.98 Å². The third-order valence-electron chi connectivity index (χ3n) is 1.71. The number of carbonyl (C=O) groups is 1. The van der Waals surface area contributed by atoms with E-state index in [-0.39, 0.29) is 22.0 Å². The van der Waals surface area contributed by atoms with E-state index in [4.69, 9.17) is 16.9 Å². The Bertz CT molecular complexity index is 442. The number of methoxy groups -OCH3 is 1. The maximum absolute atomic E-state index is 12.5. The van der Waals surface area contributed by atoms with E-state index in [0.29, 0.717) is 0 Å². The summed E-state index contributed by atoms with van der Waals surface area (Å²) in [4.78, 5) is 14.8. The van der Waals surface area contributed by atoms with Crippen molar-refractivity contribution < 1.29 is 13.9 Å². The molecule has 78 valence electrons. The Balaban J connectivity index is 3.36. The molecule has 0 aliphatic carbocycles. The summed E-state index contributed by atoms with van der Waals surface area (Å²) in [6.45, 7) is -0.949. The molecule has 0 saturated heterocycles. The molecule has 0 radical (unpaired) electrons. The number of pyridine rings is 1. The summed E-state index contributed by atoms with van der Waals surface area (Å²) >= 11 is 5.58. The number of rotatable bonds is 2. The highest BCUT2D eigenvalue weighted by atomic mass is 35.5. The summed E-state index contributed by atoms with van der Waals surface area (Å²) in [5.41, 5.74) is -0.207. The molecular weight excluding hydrogens is 223 g/mol. The number of ether oxygens (including phenoxy) is 1. The highest BCUT2D eigenvalue weighted by molar-refractivity contribution is 6.30. The van der Waals surface area contributed by atoms with Crippen LogP contribution in [-0.2, 0) is 11.4 Å². The molecule has 0 N–H and O–H groups in total. The Morgan fingerprint density at radius 2 is 2.47 bits per heavy atom. The molecule has 6 heteroatoms. The van der Waals surface area contributed by atoms with E-state index in [2.05, 4.69) is 9.72 Å². The van der Waals surface area contributed by atoms with Gasteiger partial charge in [0.2, 0.25) is 0 Å². The second-order valence-electron chi connectivity index (χ2n) is 2.56. The molecule has 1 aromatic heterocycles. The number of nitrogens with zero attached hydrogens (tertiary/aromatic N) is 2. The van der Waals surface area contributed by atoms with Crippen LogP contribution in [0.4, 0.5) is 4.39 Å². The van der Waals surface area contributed by atoms with Crippen molar-refractivity contribution in [3.05, 3.63) is 28.0 Å². The van der Waals surface area contributed by atoms with Gasteiger partial charge in [0.1, 0.15) is 17.9 Å². The van der Waals surface area contributed by atoms with Crippen LogP contribution in [0, 0.1) is 11.3 Å². The topological polar surface area (TPSA) is 63.0 Å². The van der Waals surface area contributed by atoms with E-state index in [1.807, 2.05) is 0 Å². The van der Waals surface area contributed by atoms with Crippen molar-refractivity contribution in [3.8, 4) is 6.07 Å². The zero-order valence-electron chi connectivity index (χ0n) is 7.75. The Kier molecular flexibility index (Phi) is 3.58. The summed E-state index contributed by atoms with van der Waals surface area (Å²) in [6.07, 6.45) is 0. The molecule has 4 nitrogen and oxygen atoms in total. The fraction of sp³-hybridized carbons (Fsp3) is 0.222. The van der Waals surface area contributed by atoms with Crippen LogP contribution in [0.5, 0.6) is 0 Å². The van der Waals surface area contributed by atoms with Gasteiger partial charge < -0.3 is 4.74 Å². The molecule has 0 spiro atoms. The van der Waals surface area contributed by atoms with Crippen LogP contribution >= 0.6 is 11.6 Å². The predicted octanol–water partition coefficient (Wildman–Crippen LogP) is 1.86. The highest BCUT2D eigenvalue weighted by Gasteiger charge is 2.16. The molecule has 0 amide bonds. The van der Waals surface area contributed by atoms with E-state index in [1.54, 1.807) is 6.07 Å². The minimum Gasteiger partial charge on any atom is -0.465 e. The fourth-order valence-corrected chi connectivity index (χ4v) is 1.19. The molecule has 0 saturated carbocycles. The number of nitriles is 1. The van der Waals surface area contributed by atoms with Gasteiger partial charge in [-0.1, -0.05) is 11.6 Å². The molecule has 1 rings (SSSR count). The van der Waals surface area contributed by atoms with Crippen LogP contribution in [0.3, 0.4) is 0 Å². The second kappa shape index (κ2) is 4.71. The van der Waals surface area contributed by atoms with Crippen molar-refractivity contribution in [2.75, 3.05) is 7.11 Å². The van der Waals surface area contributed by atoms with E-state index in [1.165, 1.54) is 0 Å². The van der Waals surface area contributed by atoms with Gasteiger partial charge in [-0.25, -0.2) is 14.2 Å². The Morgan fingerprint density at radius 1 is 1.80 bits per heavy atom. The van der Waals surface area contributed by atoms with E-state index in [0.717, 1.165) is 13.2 Å². The lowest BCUT2D eigenvalue weighted by molar-refractivity contribution is 0.0598. The maximum atomic E-state index is 12.5. The van der Waals surface area contributed by atoms with Crippen molar-refractivity contribution >= 4 is 17.6 Å². The standard InChI is InChI=1S/C9H6ClFN2O2/c1-15-9(14)6-2-5(4-12)8(10)13-7(6)3-11/h2H,3H2,1H3. The monoisotopic (exact) mass is 228 g/mol. The van der Waals surface area contributed by atoms with Crippen molar-refractivity contribution in [3.63, 3.8) is 0 Å². The van der Waals surface area contributed by atoms with E-state index < -0.39 is 12.6 Å². The first-order valence-corrected chi connectivity index (χ1v) is 4.25. The number of esters is 1. The third-order valence-corrected chi connectivity index (χ3v) is 2.00. The molecular formula is C9H6ClFN2O2. The lowest BCUT2D eigenvalue weighted by atomic mass is 10.1. The third kappa shape index (κ3) is 2.22. The minimum absolute atomic E-state index is 0.00858. The van der Waals surface area contributed by atoms with E-state index >= 15 is 0 Å². The largest absolute Gasteiger partial charge is 0.465 e. The molecule has 15 heavy (non-hydrogen) atoms.